The molecule has 0 fully saturated rings. The van der Waals surface area contributed by atoms with Gasteiger partial charge in [-0.15, -0.1) is 0 Å². The Balaban J connectivity index is -0.0000000542. The summed E-state index contributed by atoms with van der Waals surface area (Å²) in [5.74, 6) is 0. The zero-order valence-corrected chi connectivity index (χ0v) is 7.55. The monoisotopic (exact) mass is 137 g/mol. The molecule has 8 heavy (non-hydrogen) atoms. The molecule has 0 aliphatic heterocycles. The Morgan fingerprint density at radius 1 is 1.25 bits per heavy atom. The number of thiol groups is 1. The quantitative estimate of drug-likeness (QED) is 0.525. The van der Waals surface area contributed by atoms with Crippen LogP contribution in [-0.2, 0) is 0 Å². The lowest BCUT2D eigenvalue weighted by molar-refractivity contribution is 0.864. The lowest BCUT2D eigenvalue weighted by Gasteiger charge is -1.76. The van der Waals surface area contributed by atoms with Crippen LogP contribution in [0.2, 0.25) is 0 Å². The zero-order valence-electron chi connectivity index (χ0n) is 6.65. The van der Waals surface area contributed by atoms with Crippen LogP contribution in [0.15, 0.2) is 0 Å². The molecule has 0 aliphatic rings. The molecule has 0 aromatic rings. The van der Waals surface area contributed by atoms with Gasteiger partial charge in [-0.05, 0) is 19.8 Å². The molecule has 1 N–H and O–H groups in total. The minimum Gasteiger partial charge on any atom is -0.320 e. The van der Waals surface area contributed by atoms with Crippen molar-refractivity contribution in [1.29, 1.82) is 0 Å². The average molecular weight is 137 g/mol. The van der Waals surface area contributed by atoms with Crippen LogP contribution in [0.25, 0.3) is 0 Å². The molecule has 0 aromatic carbocycles. The fourth-order valence-corrected chi connectivity index (χ4v) is 0. The normalized spacial score (nSPS) is 5.25. The highest BCUT2D eigenvalue weighted by Crippen LogP contribution is 1.34. The van der Waals surface area contributed by atoms with Crippen molar-refractivity contribution in [2.75, 3.05) is 19.8 Å². The summed E-state index contributed by atoms with van der Waals surface area (Å²) >= 11 is 3.53. The van der Waals surface area contributed by atoms with E-state index in [1.807, 2.05) is 20.9 Å². The van der Waals surface area contributed by atoms with Crippen LogP contribution in [0, 0.1) is 0 Å². The number of nitrogens with one attached hydrogen (secondary N) is 1. The molecular formula is C6H19NS. The van der Waals surface area contributed by atoms with Gasteiger partial charge in [0.1, 0.15) is 0 Å². The Kier molecular flexibility index (Phi) is 107. The van der Waals surface area contributed by atoms with E-state index in [0.717, 1.165) is 6.54 Å². The second kappa shape index (κ2) is 54.5. The smallest absolute Gasteiger partial charge is 0.00804 e. The standard InChI is InChI=1S/C3H9N.C2H6.CH4S/c1-3-4-2;2*1-2/h4H,3H2,1-2H3;1-2H3;2H,1H3. The van der Waals surface area contributed by atoms with Crippen molar-refractivity contribution in [3.05, 3.63) is 0 Å². The number of hydrogen-bond acceptors (Lipinski definition) is 2. The highest BCUT2D eigenvalue weighted by atomic mass is 32.1. The van der Waals surface area contributed by atoms with Gasteiger partial charge in [-0.2, -0.15) is 12.6 Å². The summed E-state index contributed by atoms with van der Waals surface area (Å²) in [6, 6.07) is 0. The van der Waals surface area contributed by atoms with E-state index in [9.17, 15) is 0 Å². The lowest BCUT2D eigenvalue weighted by atomic mass is 10.8. The van der Waals surface area contributed by atoms with E-state index in [1.54, 1.807) is 6.26 Å². The largest absolute Gasteiger partial charge is 0.320 e. The minimum atomic E-state index is 1.07. The van der Waals surface area contributed by atoms with E-state index in [1.165, 1.54) is 0 Å². The fourth-order valence-electron chi connectivity index (χ4n) is 0. The van der Waals surface area contributed by atoms with E-state index in [0.29, 0.717) is 0 Å². The van der Waals surface area contributed by atoms with Gasteiger partial charge in [0, 0.05) is 0 Å². The van der Waals surface area contributed by atoms with Gasteiger partial charge in [-0.3, -0.25) is 0 Å². The maximum absolute atomic E-state index is 3.53. The van der Waals surface area contributed by atoms with Gasteiger partial charge in [0.15, 0.2) is 0 Å². The molecule has 0 amide bonds. The lowest BCUT2D eigenvalue weighted by Crippen LogP contribution is -2.01. The average Bonchev–Trinajstić information content (AvgIpc) is 1.96. The predicted molar refractivity (Wildman–Crippen MR) is 45.9 cm³/mol. The Morgan fingerprint density at radius 2 is 1.38 bits per heavy atom. The van der Waals surface area contributed by atoms with Gasteiger partial charge >= 0.3 is 0 Å². The van der Waals surface area contributed by atoms with Crippen molar-refractivity contribution in [2.45, 2.75) is 20.8 Å². The summed E-state index contributed by atoms with van der Waals surface area (Å²) in [4.78, 5) is 0. The Morgan fingerprint density at radius 3 is 1.38 bits per heavy atom. The molecule has 2 heteroatoms. The fraction of sp³-hybridized carbons (Fsp3) is 1.00. The topological polar surface area (TPSA) is 12.0 Å². The van der Waals surface area contributed by atoms with Crippen molar-refractivity contribution in [1.82, 2.24) is 5.32 Å². The van der Waals surface area contributed by atoms with E-state index >= 15 is 0 Å². The van der Waals surface area contributed by atoms with Gasteiger partial charge < -0.3 is 5.32 Å². The molecule has 1 nitrogen and oxygen atoms in total. The van der Waals surface area contributed by atoms with Crippen LogP contribution >= 0.6 is 12.6 Å². The summed E-state index contributed by atoms with van der Waals surface area (Å²) in [6.45, 7) is 7.14. The third-order valence-electron chi connectivity index (χ3n) is 0.354. The third kappa shape index (κ3) is 104. The molecule has 0 unspecified atom stereocenters. The molecule has 0 saturated carbocycles. The molecule has 0 bridgehead atoms. The molecule has 0 heterocycles. The highest BCUT2D eigenvalue weighted by Gasteiger charge is 1.50. The Hall–Kier alpha value is 0.310. The van der Waals surface area contributed by atoms with Crippen molar-refractivity contribution in [3.63, 3.8) is 0 Å². The van der Waals surface area contributed by atoms with Gasteiger partial charge in [-0.25, -0.2) is 0 Å². The molecule has 0 spiro atoms. The first-order valence-corrected chi connectivity index (χ1v) is 3.90. The third-order valence-corrected chi connectivity index (χ3v) is 0.354. The first-order chi connectivity index (χ1) is 3.91. The van der Waals surface area contributed by atoms with E-state index in [-0.39, 0.29) is 0 Å². The Bertz CT molecular complexity index is 10.5. The van der Waals surface area contributed by atoms with Crippen LogP contribution in [-0.4, -0.2) is 19.8 Å². The molecule has 0 aliphatic carbocycles. The van der Waals surface area contributed by atoms with Crippen LogP contribution in [0.3, 0.4) is 0 Å². The van der Waals surface area contributed by atoms with Crippen molar-refractivity contribution in [2.24, 2.45) is 0 Å². The summed E-state index contributed by atoms with van der Waals surface area (Å²) in [5, 5.41) is 2.93. The predicted octanol–water partition coefficient (Wildman–Crippen LogP) is 1.80. The van der Waals surface area contributed by atoms with Crippen LogP contribution in [0.1, 0.15) is 20.8 Å². The van der Waals surface area contributed by atoms with Gasteiger partial charge in [0.2, 0.25) is 0 Å². The number of rotatable bonds is 1. The summed E-state index contributed by atoms with van der Waals surface area (Å²) in [5.41, 5.74) is 0. The molecule has 0 atom stereocenters. The molecule has 0 rings (SSSR count). The first-order valence-electron chi connectivity index (χ1n) is 3.01. The molecular weight excluding hydrogens is 118 g/mol. The van der Waals surface area contributed by atoms with E-state index < -0.39 is 0 Å². The maximum atomic E-state index is 3.53. The highest BCUT2D eigenvalue weighted by molar-refractivity contribution is 7.79. The summed E-state index contributed by atoms with van der Waals surface area (Å²) in [6.07, 6.45) is 1.69. The van der Waals surface area contributed by atoms with Crippen LogP contribution in [0.4, 0.5) is 0 Å². The van der Waals surface area contributed by atoms with Gasteiger partial charge in [0.25, 0.3) is 0 Å². The van der Waals surface area contributed by atoms with E-state index in [4.69, 9.17) is 0 Å². The maximum Gasteiger partial charge on any atom is -0.00804 e. The number of hydrogen-bond donors (Lipinski definition) is 2. The Labute approximate surface area is 59.3 Å². The van der Waals surface area contributed by atoms with Crippen LogP contribution < -0.4 is 5.32 Å². The van der Waals surface area contributed by atoms with Crippen molar-refractivity contribution >= 4 is 12.6 Å². The second-order valence-corrected chi connectivity index (χ2v) is 0.707. The SMILES string of the molecule is CC.CCNC.CS. The van der Waals surface area contributed by atoms with Crippen molar-refractivity contribution < 1.29 is 0 Å². The molecule has 0 radical (unpaired) electrons. The summed E-state index contributed by atoms with van der Waals surface area (Å²) < 4.78 is 0. The second-order valence-electron chi connectivity index (χ2n) is 0.707. The minimum absolute atomic E-state index is 1.07. The molecule has 0 saturated heterocycles. The molecule has 0 aromatic heterocycles. The van der Waals surface area contributed by atoms with Gasteiger partial charge in [-0.1, -0.05) is 20.8 Å². The van der Waals surface area contributed by atoms with E-state index in [2.05, 4.69) is 24.9 Å². The first kappa shape index (κ1) is 15.7. The zero-order chi connectivity index (χ0) is 7.41. The molecule has 54 valence electrons. The van der Waals surface area contributed by atoms with Gasteiger partial charge in [0.05, 0.1) is 0 Å². The summed E-state index contributed by atoms with van der Waals surface area (Å²) in [7, 11) is 1.93. The van der Waals surface area contributed by atoms with Crippen LogP contribution in [0.5, 0.6) is 0 Å². The van der Waals surface area contributed by atoms with Crippen molar-refractivity contribution in [3.8, 4) is 0 Å².